The summed E-state index contributed by atoms with van der Waals surface area (Å²) in [7, 11) is 0. The van der Waals surface area contributed by atoms with Gasteiger partial charge in [0.15, 0.2) is 0 Å². The van der Waals surface area contributed by atoms with Gasteiger partial charge in [0.2, 0.25) is 0 Å². The minimum atomic E-state index is 0.341. The van der Waals surface area contributed by atoms with Crippen molar-refractivity contribution >= 4 is 5.71 Å². The van der Waals surface area contributed by atoms with Crippen LogP contribution >= 0.6 is 0 Å². The molecular formula is C15H18N2O. The average Bonchev–Trinajstić information content (AvgIpc) is 3.10. The van der Waals surface area contributed by atoms with Crippen molar-refractivity contribution in [2.75, 3.05) is 13.1 Å². The van der Waals surface area contributed by atoms with Gasteiger partial charge in [0.25, 0.3) is 0 Å². The molecule has 1 saturated heterocycles. The maximum absolute atomic E-state index is 5.73. The van der Waals surface area contributed by atoms with Crippen LogP contribution in [0.5, 0.6) is 0 Å². The van der Waals surface area contributed by atoms with Crippen molar-refractivity contribution in [1.82, 2.24) is 4.90 Å². The number of rotatable bonds is 2. The summed E-state index contributed by atoms with van der Waals surface area (Å²) in [6, 6.07) is 11.1. The first-order chi connectivity index (χ1) is 8.88. The molecule has 3 aliphatic rings. The van der Waals surface area contributed by atoms with E-state index in [-0.39, 0.29) is 0 Å². The normalized spacial score (nSPS) is 37.5. The summed E-state index contributed by atoms with van der Waals surface area (Å²) in [5.41, 5.74) is 2.40. The van der Waals surface area contributed by atoms with E-state index in [1.54, 1.807) is 0 Å². The maximum atomic E-state index is 5.73. The molecular weight excluding hydrogens is 224 g/mol. The zero-order valence-corrected chi connectivity index (χ0v) is 10.6. The Kier molecular flexibility index (Phi) is 2.24. The topological polar surface area (TPSA) is 24.8 Å². The van der Waals surface area contributed by atoms with E-state index in [1.165, 1.54) is 24.2 Å². The maximum Gasteiger partial charge on any atom is 0.141 e. The molecule has 0 amide bonds. The van der Waals surface area contributed by atoms with Crippen molar-refractivity contribution < 1.29 is 4.84 Å². The first kappa shape index (κ1) is 10.6. The number of hydrogen-bond donors (Lipinski definition) is 0. The molecule has 4 rings (SSSR count). The molecule has 1 aliphatic carbocycles. The van der Waals surface area contributed by atoms with Crippen LogP contribution in [0.3, 0.4) is 0 Å². The summed E-state index contributed by atoms with van der Waals surface area (Å²) in [5.74, 6) is 1.18. The Labute approximate surface area is 107 Å². The third-order valence-electron chi connectivity index (χ3n) is 4.78. The molecule has 1 aromatic carbocycles. The van der Waals surface area contributed by atoms with E-state index in [4.69, 9.17) is 4.84 Å². The highest BCUT2D eigenvalue weighted by atomic mass is 16.6. The zero-order chi connectivity index (χ0) is 12.1. The van der Waals surface area contributed by atoms with E-state index < -0.39 is 0 Å². The van der Waals surface area contributed by atoms with Crippen LogP contribution in [0.25, 0.3) is 0 Å². The number of oxime groups is 1. The smallest absolute Gasteiger partial charge is 0.141 e. The molecule has 4 atom stereocenters. The van der Waals surface area contributed by atoms with Crippen molar-refractivity contribution in [2.45, 2.75) is 25.5 Å². The van der Waals surface area contributed by atoms with Gasteiger partial charge in [0.1, 0.15) is 6.10 Å². The van der Waals surface area contributed by atoms with Gasteiger partial charge in [-0.2, -0.15) is 0 Å². The van der Waals surface area contributed by atoms with E-state index in [2.05, 4.69) is 47.3 Å². The van der Waals surface area contributed by atoms with E-state index >= 15 is 0 Å². The van der Waals surface area contributed by atoms with Gasteiger partial charge < -0.3 is 4.84 Å². The summed E-state index contributed by atoms with van der Waals surface area (Å²) >= 11 is 0. The van der Waals surface area contributed by atoms with Gasteiger partial charge in [0, 0.05) is 18.5 Å². The number of piperidine rings is 1. The number of likely N-dealkylation sites (tertiary alicyclic amines) is 1. The lowest BCUT2D eigenvalue weighted by atomic mass is 9.87. The molecule has 2 bridgehead atoms. The molecule has 4 unspecified atom stereocenters. The Bertz CT molecular complexity index is 485. The fourth-order valence-electron chi connectivity index (χ4n) is 3.98. The lowest BCUT2D eigenvalue weighted by Gasteiger charge is -2.32. The van der Waals surface area contributed by atoms with Crippen LogP contribution in [0.15, 0.2) is 35.5 Å². The predicted octanol–water partition coefficient (Wildman–Crippen LogP) is 2.13. The summed E-state index contributed by atoms with van der Waals surface area (Å²) in [5, 5.41) is 4.39. The van der Waals surface area contributed by atoms with Crippen LogP contribution in [0.4, 0.5) is 0 Å². The Balaban J connectivity index is 1.68. The first-order valence-corrected chi connectivity index (χ1v) is 6.91. The van der Waals surface area contributed by atoms with Gasteiger partial charge in [-0.3, -0.25) is 4.90 Å². The summed E-state index contributed by atoms with van der Waals surface area (Å²) in [4.78, 5) is 8.33. The average molecular weight is 242 g/mol. The van der Waals surface area contributed by atoms with E-state index in [0.29, 0.717) is 24.0 Å². The molecule has 3 nitrogen and oxygen atoms in total. The molecule has 2 heterocycles. The van der Waals surface area contributed by atoms with Gasteiger partial charge in [0.05, 0.1) is 11.6 Å². The Morgan fingerprint density at radius 1 is 1.33 bits per heavy atom. The van der Waals surface area contributed by atoms with Crippen molar-refractivity contribution in [3.05, 3.63) is 35.9 Å². The highest BCUT2D eigenvalue weighted by Gasteiger charge is 2.57. The largest absolute Gasteiger partial charge is 0.391 e. The van der Waals surface area contributed by atoms with Crippen molar-refractivity contribution in [1.29, 1.82) is 0 Å². The van der Waals surface area contributed by atoms with Gasteiger partial charge in [-0.15, -0.1) is 0 Å². The minimum absolute atomic E-state index is 0.341. The summed E-state index contributed by atoms with van der Waals surface area (Å²) < 4.78 is 0. The predicted molar refractivity (Wildman–Crippen MR) is 70.5 cm³/mol. The molecule has 0 spiro atoms. The van der Waals surface area contributed by atoms with E-state index in [9.17, 15) is 0 Å². The molecule has 2 fully saturated rings. The molecule has 0 aromatic heterocycles. The fourth-order valence-corrected chi connectivity index (χ4v) is 3.98. The number of nitrogens with zero attached hydrogens (tertiary/aromatic N) is 2. The lowest BCUT2D eigenvalue weighted by Crippen LogP contribution is -2.46. The minimum Gasteiger partial charge on any atom is -0.391 e. The van der Waals surface area contributed by atoms with Crippen molar-refractivity contribution in [3.63, 3.8) is 0 Å². The monoisotopic (exact) mass is 242 g/mol. The van der Waals surface area contributed by atoms with Crippen LogP contribution in [-0.2, 0) is 4.84 Å². The van der Waals surface area contributed by atoms with Gasteiger partial charge in [-0.25, -0.2) is 0 Å². The second-order valence-corrected chi connectivity index (χ2v) is 5.59. The molecule has 2 aliphatic heterocycles. The third-order valence-corrected chi connectivity index (χ3v) is 4.78. The Morgan fingerprint density at radius 2 is 2.17 bits per heavy atom. The molecule has 18 heavy (non-hydrogen) atoms. The van der Waals surface area contributed by atoms with E-state index in [1.807, 2.05) is 0 Å². The van der Waals surface area contributed by atoms with Gasteiger partial charge in [-0.05, 0) is 18.5 Å². The molecule has 3 heteroatoms. The lowest BCUT2D eigenvalue weighted by molar-refractivity contribution is 0.00789. The molecule has 0 N–H and O–H groups in total. The fraction of sp³-hybridized carbons (Fsp3) is 0.533. The third kappa shape index (κ3) is 1.31. The van der Waals surface area contributed by atoms with Crippen molar-refractivity contribution in [2.24, 2.45) is 17.0 Å². The van der Waals surface area contributed by atoms with E-state index in [0.717, 1.165) is 6.54 Å². The summed E-state index contributed by atoms with van der Waals surface area (Å²) in [6.45, 7) is 4.59. The molecule has 1 saturated carbocycles. The van der Waals surface area contributed by atoms with Gasteiger partial charge in [-0.1, -0.05) is 42.4 Å². The summed E-state index contributed by atoms with van der Waals surface area (Å²) in [6.07, 6.45) is 1.63. The van der Waals surface area contributed by atoms with Crippen LogP contribution in [0.2, 0.25) is 0 Å². The standard InChI is InChI=1S/C15H18N2O/c1-2-17-9-11-8-12(17)13-14(16-18-15(11)13)10-6-4-3-5-7-10/h3-7,11-13,15H,2,8-9H2,1H3. The van der Waals surface area contributed by atoms with Crippen LogP contribution in [-0.4, -0.2) is 35.8 Å². The van der Waals surface area contributed by atoms with Crippen molar-refractivity contribution in [3.8, 4) is 0 Å². The second-order valence-electron chi connectivity index (χ2n) is 5.59. The van der Waals surface area contributed by atoms with Gasteiger partial charge >= 0.3 is 0 Å². The van der Waals surface area contributed by atoms with Crippen LogP contribution < -0.4 is 0 Å². The first-order valence-electron chi connectivity index (χ1n) is 6.91. The molecule has 94 valence electrons. The number of hydrogen-bond acceptors (Lipinski definition) is 3. The zero-order valence-electron chi connectivity index (χ0n) is 10.6. The highest BCUT2D eigenvalue weighted by Crippen LogP contribution is 2.47. The molecule has 0 radical (unpaired) electrons. The Morgan fingerprint density at radius 3 is 2.94 bits per heavy atom. The highest BCUT2D eigenvalue weighted by molar-refractivity contribution is 6.03. The van der Waals surface area contributed by atoms with Crippen LogP contribution in [0, 0.1) is 11.8 Å². The van der Waals surface area contributed by atoms with Crippen LogP contribution in [0.1, 0.15) is 18.9 Å². The molecule has 1 aromatic rings. The second kappa shape index (κ2) is 3.82. The Hall–Kier alpha value is -1.35. The quantitative estimate of drug-likeness (QED) is 0.793. The number of benzene rings is 1. The number of fused-ring (bicyclic) bond motifs is 5. The SMILES string of the molecule is CCN1CC2CC1C1C(c3ccccc3)=NOC21.